The fraction of sp³-hybridized carbons (Fsp3) is 0.200. The molecule has 1 aliphatic carbocycles. The van der Waals surface area contributed by atoms with Crippen molar-refractivity contribution < 1.29 is 4.21 Å². The van der Waals surface area contributed by atoms with E-state index in [0.29, 0.717) is 0 Å². The predicted molar refractivity (Wildman–Crippen MR) is 75.4 cm³/mol. The van der Waals surface area contributed by atoms with Crippen LogP contribution in [-0.4, -0.2) is 9.46 Å². The molecule has 0 aromatic heterocycles. The van der Waals surface area contributed by atoms with Gasteiger partial charge in [-0.1, -0.05) is 42.5 Å². The molecule has 0 aliphatic heterocycles. The number of rotatable bonds is 2. The number of benzene rings is 2. The molecule has 2 aromatic carbocycles. The molecule has 1 aliphatic rings. The summed E-state index contributed by atoms with van der Waals surface area (Å²) in [6.45, 7) is 0. The summed E-state index contributed by atoms with van der Waals surface area (Å²) in [7, 11) is -1.05. The lowest BCUT2D eigenvalue weighted by Crippen LogP contribution is -2.17. The zero-order chi connectivity index (χ0) is 12.5. The minimum atomic E-state index is -1.05. The summed E-state index contributed by atoms with van der Waals surface area (Å²) in [5.74, 6) is 0. The number of hydrogen-bond acceptors (Lipinski definition) is 1. The van der Waals surface area contributed by atoms with Crippen molar-refractivity contribution in [3.8, 4) is 0 Å². The molecule has 1 nitrogen and oxygen atoms in total. The smallest absolute Gasteiger partial charge is 0.0738 e. The largest absolute Gasteiger partial charge is 0.254 e. The monoisotopic (exact) mass is 276 g/mol. The number of halogens is 1. The highest BCUT2D eigenvalue weighted by atomic mass is 35.5. The van der Waals surface area contributed by atoms with E-state index in [0.717, 1.165) is 16.9 Å². The van der Waals surface area contributed by atoms with Crippen LogP contribution < -0.4 is 0 Å². The van der Waals surface area contributed by atoms with Crippen molar-refractivity contribution >= 4 is 22.4 Å². The Balaban J connectivity index is 1.91. The Kier molecular flexibility index (Phi) is 3.23. The molecule has 2 aromatic rings. The van der Waals surface area contributed by atoms with Gasteiger partial charge in [-0.2, -0.15) is 0 Å². The van der Waals surface area contributed by atoms with Gasteiger partial charge in [-0.25, -0.2) is 0 Å². The number of fused-ring (bicyclic) bond motifs is 1. The molecule has 92 valence electrons. The van der Waals surface area contributed by atoms with E-state index in [2.05, 4.69) is 6.07 Å². The lowest BCUT2D eigenvalue weighted by atomic mass is 10.1. The van der Waals surface area contributed by atoms with E-state index < -0.39 is 10.8 Å². The van der Waals surface area contributed by atoms with Crippen molar-refractivity contribution in [2.45, 2.75) is 21.9 Å². The molecule has 0 saturated carbocycles. The van der Waals surface area contributed by atoms with Gasteiger partial charge < -0.3 is 0 Å². The van der Waals surface area contributed by atoms with E-state index in [4.69, 9.17) is 11.6 Å². The lowest BCUT2D eigenvalue weighted by molar-refractivity contribution is 0.669. The molecule has 0 fully saturated rings. The summed E-state index contributed by atoms with van der Waals surface area (Å²) in [6.07, 6.45) is 0.797. The Labute approximate surface area is 114 Å². The van der Waals surface area contributed by atoms with E-state index in [1.54, 1.807) is 0 Å². The van der Waals surface area contributed by atoms with Gasteiger partial charge in [0.25, 0.3) is 0 Å². The van der Waals surface area contributed by atoms with Crippen molar-refractivity contribution in [3.05, 3.63) is 65.7 Å². The summed E-state index contributed by atoms with van der Waals surface area (Å²) in [5, 5.41) is -0.172. The minimum Gasteiger partial charge on any atom is -0.254 e. The van der Waals surface area contributed by atoms with E-state index in [1.165, 1.54) is 5.56 Å². The third-order valence-electron chi connectivity index (χ3n) is 3.35. The average Bonchev–Trinajstić information content (AvgIpc) is 2.77. The molecule has 0 heterocycles. The normalized spacial score (nSPS) is 23.6. The molecular formula is C15H13ClOS. The second-order valence-corrected chi connectivity index (χ2v) is 6.60. The van der Waals surface area contributed by atoms with Gasteiger partial charge in [0.2, 0.25) is 0 Å². The second kappa shape index (κ2) is 4.87. The Morgan fingerprint density at radius 3 is 2.39 bits per heavy atom. The summed E-state index contributed by atoms with van der Waals surface area (Å²) < 4.78 is 12.6. The predicted octanol–water partition coefficient (Wildman–Crippen LogP) is 3.70. The quantitative estimate of drug-likeness (QED) is 0.765. The summed E-state index contributed by atoms with van der Waals surface area (Å²) >= 11 is 6.46. The van der Waals surface area contributed by atoms with Crippen LogP contribution in [0.5, 0.6) is 0 Å². The highest BCUT2D eigenvalue weighted by Gasteiger charge is 2.35. The molecule has 0 amide bonds. The fourth-order valence-electron chi connectivity index (χ4n) is 2.42. The van der Waals surface area contributed by atoms with Crippen LogP contribution in [0.15, 0.2) is 59.5 Å². The van der Waals surface area contributed by atoms with E-state index in [1.807, 2.05) is 48.5 Å². The van der Waals surface area contributed by atoms with E-state index in [9.17, 15) is 4.21 Å². The maximum absolute atomic E-state index is 12.6. The molecule has 0 spiro atoms. The van der Waals surface area contributed by atoms with Gasteiger partial charge in [0, 0.05) is 4.90 Å². The first-order chi connectivity index (χ1) is 8.77. The third-order valence-corrected chi connectivity index (χ3v) is 5.76. The van der Waals surface area contributed by atoms with Gasteiger partial charge in [-0.05, 0) is 29.7 Å². The molecule has 0 bridgehead atoms. The zero-order valence-electron chi connectivity index (χ0n) is 9.75. The summed E-state index contributed by atoms with van der Waals surface area (Å²) in [4.78, 5) is 0.862. The summed E-state index contributed by atoms with van der Waals surface area (Å²) in [5.41, 5.74) is 2.36. The van der Waals surface area contributed by atoms with Crippen LogP contribution in [0.1, 0.15) is 16.5 Å². The van der Waals surface area contributed by atoms with Crippen LogP contribution in [0.3, 0.4) is 0 Å². The minimum absolute atomic E-state index is 0.0218. The fourth-order valence-corrected chi connectivity index (χ4v) is 4.48. The molecule has 0 radical (unpaired) electrons. The Morgan fingerprint density at radius 2 is 1.67 bits per heavy atom. The second-order valence-electron chi connectivity index (χ2n) is 4.45. The Bertz CT molecular complexity index is 582. The molecule has 18 heavy (non-hydrogen) atoms. The molecule has 0 saturated heterocycles. The molecule has 3 heteroatoms. The van der Waals surface area contributed by atoms with Crippen LogP contribution in [0, 0.1) is 0 Å². The van der Waals surface area contributed by atoms with Gasteiger partial charge in [-0.15, -0.1) is 11.6 Å². The van der Waals surface area contributed by atoms with Crippen molar-refractivity contribution in [1.29, 1.82) is 0 Å². The maximum Gasteiger partial charge on any atom is 0.0738 e. The standard InChI is InChI=1S/C15H13ClOS/c16-15-13-9-5-4-6-11(13)10-14(15)18(17)12-7-2-1-3-8-12/h1-9,14-15H,10H2. The molecule has 3 atom stereocenters. The SMILES string of the molecule is O=S(c1ccccc1)C1Cc2ccccc2C1Cl. The molecule has 0 N–H and O–H groups in total. The number of alkyl halides is 1. The highest BCUT2D eigenvalue weighted by Crippen LogP contribution is 2.40. The number of hydrogen-bond donors (Lipinski definition) is 0. The van der Waals surface area contributed by atoms with Crippen molar-refractivity contribution in [3.63, 3.8) is 0 Å². The molecule has 3 rings (SSSR count). The zero-order valence-corrected chi connectivity index (χ0v) is 11.3. The maximum atomic E-state index is 12.6. The topological polar surface area (TPSA) is 17.1 Å². The van der Waals surface area contributed by atoms with Gasteiger partial charge in [0.15, 0.2) is 0 Å². The Hall–Kier alpha value is -1.12. The van der Waals surface area contributed by atoms with Crippen LogP contribution in [0.25, 0.3) is 0 Å². The van der Waals surface area contributed by atoms with Crippen LogP contribution in [0.4, 0.5) is 0 Å². The van der Waals surface area contributed by atoms with Crippen molar-refractivity contribution in [2.75, 3.05) is 0 Å². The average molecular weight is 277 g/mol. The molecule has 3 unspecified atom stereocenters. The van der Waals surface area contributed by atoms with E-state index >= 15 is 0 Å². The van der Waals surface area contributed by atoms with Gasteiger partial charge in [-0.3, -0.25) is 4.21 Å². The van der Waals surface area contributed by atoms with Crippen LogP contribution >= 0.6 is 11.6 Å². The first kappa shape index (κ1) is 11.9. The third kappa shape index (κ3) is 2.00. The van der Waals surface area contributed by atoms with Gasteiger partial charge in [0.05, 0.1) is 21.4 Å². The van der Waals surface area contributed by atoms with Gasteiger partial charge >= 0.3 is 0 Å². The van der Waals surface area contributed by atoms with Crippen LogP contribution in [0.2, 0.25) is 0 Å². The molecular weight excluding hydrogens is 264 g/mol. The van der Waals surface area contributed by atoms with E-state index in [-0.39, 0.29) is 10.6 Å². The first-order valence-corrected chi connectivity index (χ1v) is 7.60. The van der Waals surface area contributed by atoms with Crippen molar-refractivity contribution in [1.82, 2.24) is 0 Å². The van der Waals surface area contributed by atoms with Gasteiger partial charge in [0.1, 0.15) is 0 Å². The first-order valence-electron chi connectivity index (χ1n) is 5.95. The highest BCUT2D eigenvalue weighted by molar-refractivity contribution is 7.85. The van der Waals surface area contributed by atoms with Crippen molar-refractivity contribution in [2.24, 2.45) is 0 Å². The lowest BCUT2D eigenvalue weighted by Gasteiger charge is -2.13. The Morgan fingerprint density at radius 1 is 1.00 bits per heavy atom. The summed E-state index contributed by atoms with van der Waals surface area (Å²) in [6, 6.07) is 17.7. The van der Waals surface area contributed by atoms with Crippen LogP contribution in [-0.2, 0) is 17.2 Å².